The summed E-state index contributed by atoms with van der Waals surface area (Å²) in [5.41, 5.74) is 3.14. The summed E-state index contributed by atoms with van der Waals surface area (Å²) in [6, 6.07) is 5.81. The summed E-state index contributed by atoms with van der Waals surface area (Å²) in [6.07, 6.45) is 0.487. The number of ether oxygens (including phenoxy) is 1. The molecule has 1 aromatic rings. The van der Waals surface area contributed by atoms with E-state index in [1.165, 1.54) is 5.56 Å². The van der Waals surface area contributed by atoms with Crippen molar-refractivity contribution in [3.05, 3.63) is 34.9 Å². The molecule has 1 atom stereocenters. The second-order valence-electron chi connectivity index (χ2n) is 4.32. The summed E-state index contributed by atoms with van der Waals surface area (Å²) >= 11 is 0. The molecule has 1 unspecified atom stereocenters. The molecule has 0 saturated heterocycles. The monoisotopic (exact) mass is 236 g/mol. The molecule has 17 heavy (non-hydrogen) atoms. The molecule has 0 radical (unpaired) electrons. The molecule has 0 aliphatic carbocycles. The van der Waals surface area contributed by atoms with E-state index in [0.717, 1.165) is 11.1 Å². The van der Waals surface area contributed by atoms with Gasteiger partial charge in [-0.05, 0) is 29.5 Å². The van der Waals surface area contributed by atoms with E-state index in [-0.39, 0.29) is 6.42 Å². The fourth-order valence-electron chi connectivity index (χ4n) is 2.01. The lowest BCUT2D eigenvalue weighted by atomic mass is 9.99. The molecule has 0 bridgehead atoms. The predicted molar refractivity (Wildman–Crippen MR) is 61.4 cm³/mol. The maximum atomic E-state index is 10.4. The molecule has 0 spiro atoms. The number of rotatable bonds is 5. The van der Waals surface area contributed by atoms with Crippen molar-refractivity contribution < 1.29 is 19.7 Å². The Bertz CT molecular complexity index is 414. The van der Waals surface area contributed by atoms with Gasteiger partial charge in [-0.1, -0.05) is 18.2 Å². The van der Waals surface area contributed by atoms with Gasteiger partial charge in [-0.25, -0.2) is 0 Å². The summed E-state index contributed by atoms with van der Waals surface area (Å²) in [6.45, 7) is 1.25. The molecule has 1 heterocycles. The number of carboxylic acids is 1. The van der Waals surface area contributed by atoms with Gasteiger partial charge < -0.3 is 14.9 Å². The highest BCUT2D eigenvalue weighted by molar-refractivity contribution is 5.66. The Balaban J connectivity index is 1.95. The van der Waals surface area contributed by atoms with Gasteiger partial charge in [0.2, 0.25) is 0 Å². The Morgan fingerprint density at radius 1 is 1.35 bits per heavy atom. The number of hydrogen-bond acceptors (Lipinski definition) is 3. The lowest BCUT2D eigenvalue weighted by molar-refractivity contribution is -0.137. The van der Waals surface area contributed by atoms with Crippen molar-refractivity contribution in [1.29, 1.82) is 0 Å². The average Bonchev–Trinajstić information content (AvgIpc) is 2.75. The zero-order valence-electron chi connectivity index (χ0n) is 9.56. The van der Waals surface area contributed by atoms with Gasteiger partial charge in [0.05, 0.1) is 19.3 Å². The van der Waals surface area contributed by atoms with Crippen LogP contribution in [-0.4, -0.2) is 16.2 Å². The maximum absolute atomic E-state index is 10.4. The highest BCUT2D eigenvalue weighted by Crippen LogP contribution is 2.26. The van der Waals surface area contributed by atoms with Gasteiger partial charge in [-0.15, -0.1) is 0 Å². The average molecular weight is 236 g/mol. The number of fused-ring (bicyclic) bond motifs is 1. The van der Waals surface area contributed by atoms with Crippen LogP contribution in [0.25, 0.3) is 0 Å². The smallest absolute Gasteiger partial charge is 0.303 e. The van der Waals surface area contributed by atoms with Gasteiger partial charge in [-0.3, -0.25) is 4.79 Å². The Hall–Kier alpha value is -1.39. The summed E-state index contributed by atoms with van der Waals surface area (Å²) in [7, 11) is 0. The number of carboxylic acid groups (broad SMARTS) is 1. The van der Waals surface area contributed by atoms with Gasteiger partial charge >= 0.3 is 5.97 Å². The van der Waals surface area contributed by atoms with E-state index in [9.17, 15) is 9.90 Å². The summed E-state index contributed by atoms with van der Waals surface area (Å²) in [4.78, 5) is 10.4. The van der Waals surface area contributed by atoms with E-state index in [1.807, 2.05) is 18.2 Å². The minimum Gasteiger partial charge on any atom is -0.481 e. The molecule has 0 amide bonds. The maximum Gasteiger partial charge on any atom is 0.303 e. The van der Waals surface area contributed by atoms with E-state index in [4.69, 9.17) is 9.84 Å². The van der Waals surface area contributed by atoms with E-state index in [2.05, 4.69) is 0 Å². The molecular formula is C13H16O4. The van der Waals surface area contributed by atoms with Crippen molar-refractivity contribution in [2.45, 2.75) is 38.6 Å². The van der Waals surface area contributed by atoms with Gasteiger partial charge in [0.1, 0.15) is 0 Å². The first-order valence-electron chi connectivity index (χ1n) is 5.76. The Labute approximate surface area is 99.8 Å². The zero-order valence-corrected chi connectivity index (χ0v) is 9.56. The number of aliphatic hydroxyl groups excluding tert-OH is 1. The molecule has 0 saturated carbocycles. The van der Waals surface area contributed by atoms with Crippen molar-refractivity contribution in [3.63, 3.8) is 0 Å². The molecule has 4 heteroatoms. The fraction of sp³-hybridized carbons (Fsp3) is 0.462. The van der Waals surface area contributed by atoms with Crippen LogP contribution in [0.3, 0.4) is 0 Å². The third-order valence-electron chi connectivity index (χ3n) is 3.00. The molecule has 1 aromatic carbocycles. The molecule has 1 aliphatic rings. The largest absolute Gasteiger partial charge is 0.481 e. The quantitative estimate of drug-likeness (QED) is 0.820. The van der Waals surface area contributed by atoms with Crippen molar-refractivity contribution in [2.75, 3.05) is 0 Å². The molecule has 2 N–H and O–H groups in total. The minimum atomic E-state index is -0.820. The first kappa shape index (κ1) is 12.1. The number of carbonyl (C=O) groups is 1. The Kier molecular flexibility index (Phi) is 3.76. The number of aliphatic hydroxyl groups is 1. The predicted octanol–water partition coefficient (Wildman–Crippen LogP) is 2.01. The van der Waals surface area contributed by atoms with Crippen LogP contribution in [0.5, 0.6) is 0 Å². The van der Waals surface area contributed by atoms with Crippen LogP contribution < -0.4 is 0 Å². The molecule has 92 valence electrons. The van der Waals surface area contributed by atoms with E-state index >= 15 is 0 Å². The first-order valence-corrected chi connectivity index (χ1v) is 5.76. The van der Waals surface area contributed by atoms with Crippen LogP contribution in [0.1, 0.15) is 42.1 Å². The van der Waals surface area contributed by atoms with Gasteiger partial charge in [0.25, 0.3) is 0 Å². The standard InChI is InChI=1S/C13H16O4/c14-12(2-1-3-13(15)16)9-4-5-10-7-17-8-11(10)6-9/h4-6,12,14H,1-3,7-8H2,(H,15,16). The Morgan fingerprint density at radius 3 is 2.88 bits per heavy atom. The topological polar surface area (TPSA) is 66.8 Å². The van der Waals surface area contributed by atoms with Crippen LogP contribution >= 0.6 is 0 Å². The van der Waals surface area contributed by atoms with Crippen LogP contribution in [-0.2, 0) is 22.7 Å². The molecule has 4 nitrogen and oxygen atoms in total. The van der Waals surface area contributed by atoms with E-state index < -0.39 is 12.1 Å². The summed E-state index contributed by atoms with van der Waals surface area (Å²) in [5.74, 6) is -0.820. The molecule has 0 fully saturated rings. The van der Waals surface area contributed by atoms with Crippen LogP contribution in [0.15, 0.2) is 18.2 Å². The molecular weight excluding hydrogens is 220 g/mol. The van der Waals surface area contributed by atoms with E-state index in [1.54, 1.807) is 0 Å². The third-order valence-corrected chi connectivity index (χ3v) is 3.00. The highest BCUT2D eigenvalue weighted by atomic mass is 16.5. The number of aliphatic carboxylic acids is 1. The van der Waals surface area contributed by atoms with Crippen LogP contribution in [0.4, 0.5) is 0 Å². The lowest BCUT2D eigenvalue weighted by Crippen LogP contribution is -2.01. The van der Waals surface area contributed by atoms with Crippen LogP contribution in [0, 0.1) is 0 Å². The molecule has 2 rings (SSSR count). The number of benzene rings is 1. The third kappa shape index (κ3) is 3.05. The van der Waals surface area contributed by atoms with Crippen molar-refractivity contribution >= 4 is 5.97 Å². The van der Waals surface area contributed by atoms with Crippen molar-refractivity contribution in [3.8, 4) is 0 Å². The second-order valence-corrected chi connectivity index (χ2v) is 4.32. The molecule has 1 aliphatic heterocycles. The normalized spacial score (nSPS) is 15.6. The summed E-state index contributed by atoms with van der Waals surface area (Å²) < 4.78 is 5.30. The van der Waals surface area contributed by atoms with Crippen molar-refractivity contribution in [2.24, 2.45) is 0 Å². The lowest BCUT2D eigenvalue weighted by Gasteiger charge is -2.11. The number of hydrogen-bond donors (Lipinski definition) is 2. The molecule has 0 aromatic heterocycles. The Morgan fingerprint density at radius 2 is 2.12 bits per heavy atom. The SMILES string of the molecule is O=C(O)CCCC(O)c1ccc2c(c1)COC2. The van der Waals surface area contributed by atoms with E-state index in [0.29, 0.717) is 26.1 Å². The van der Waals surface area contributed by atoms with Crippen molar-refractivity contribution in [1.82, 2.24) is 0 Å². The van der Waals surface area contributed by atoms with Gasteiger partial charge in [0, 0.05) is 6.42 Å². The van der Waals surface area contributed by atoms with Gasteiger partial charge in [0.15, 0.2) is 0 Å². The first-order chi connectivity index (χ1) is 8.16. The summed E-state index contributed by atoms with van der Waals surface area (Å²) in [5, 5.41) is 18.5. The minimum absolute atomic E-state index is 0.102. The highest BCUT2D eigenvalue weighted by Gasteiger charge is 2.14. The fourth-order valence-corrected chi connectivity index (χ4v) is 2.01. The second kappa shape index (κ2) is 5.29. The van der Waals surface area contributed by atoms with Crippen LogP contribution in [0.2, 0.25) is 0 Å². The van der Waals surface area contributed by atoms with Gasteiger partial charge in [-0.2, -0.15) is 0 Å². The zero-order chi connectivity index (χ0) is 12.3.